The zero-order valence-electron chi connectivity index (χ0n) is 14.0. The van der Waals surface area contributed by atoms with Gasteiger partial charge < -0.3 is 40.6 Å². The number of aliphatic hydroxyl groups is 4. The predicted octanol–water partition coefficient (Wildman–Crippen LogP) is -2.34. The van der Waals surface area contributed by atoms with Crippen LogP contribution in [0.15, 0.2) is 30.5 Å². The Bertz CT molecular complexity index is 764. The van der Waals surface area contributed by atoms with Crippen LogP contribution in [-0.4, -0.2) is 74.7 Å². The number of ether oxygens (including phenoxy) is 2. The summed E-state index contributed by atoms with van der Waals surface area (Å²) >= 11 is 0. The number of benzene rings is 1. The van der Waals surface area contributed by atoms with Crippen molar-refractivity contribution in [1.82, 2.24) is 4.98 Å². The van der Waals surface area contributed by atoms with Crippen LogP contribution >= 0.6 is 0 Å². The minimum Gasteiger partial charge on any atom is -0.458 e. The number of fused-ring (bicyclic) bond motifs is 1. The lowest BCUT2D eigenvalue weighted by atomic mass is 9.99. The highest BCUT2D eigenvalue weighted by Crippen LogP contribution is 2.21. The summed E-state index contributed by atoms with van der Waals surface area (Å²) in [5, 5.41) is 39.4. The number of hydrogen-bond acceptors (Lipinski definition) is 7. The Morgan fingerprint density at radius 2 is 1.92 bits per heavy atom. The number of quaternary nitrogens is 1. The van der Waals surface area contributed by atoms with E-state index in [1.807, 2.05) is 30.5 Å². The van der Waals surface area contributed by atoms with Crippen molar-refractivity contribution in [1.29, 1.82) is 0 Å². The number of carbonyl (C=O) groups is 1. The van der Waals surface area contributed by atoms with Crippen LogP contribution in [0.3, 0.4) is 0 Å². The SMILES string of the molecule is [NH3+][C@@H](Cc1c[nH]c2ccccc12)C(=O)OC[C@H]1O[C@H](O)[C@@H](O)[C@@H](O)[C@@H]1O. The molecule has 1 aromatic heterocycles. The van der Waals surface area contributed by atoms with Crippen LogP contribution in [0.25, 0.3) is 10.9 Å². The molecule has 2 aromatic rings. The Balaban J connectivity index is 1.56. The summed E-state index contributed by atoms with van der Waals surface area (Å²) in [5.41, 5.74) is 5.71. The number of hydrogen-bond donors (Lipinski definition) is 6. The summed E-state index contributed by atoms with van der Waals surface area (Å²) in [7, 11) is 0. The van der Waals surface area contributed by atoms with Gasteiger partial charge in [-0.2, -0.15) is 0 Å². The molecule has 6 atom stereocenters. The van der Waals surface area contributed by atoms with Gasteiger partial charge >= 0.3 is 5.97 Å². The van der Waals surface area contributed by atoms with E-state index < -0.39 is 42.7 Å². The summed E-state index contributed by atoms with van der Waals surface area (Å²) in [4.78, 5) is 15.3. The molecular weight excluding hydrogens is 344 g/mol. The van der Waals surface area contributed by atoms with Crippen LogP contribution in [0.5, 0.6) is 0 Å². The van der Waals surface area contributed by atoms with Gasteiger partial charge in [0.05, 0.1) is 0 Å². The van der Waals surface area contributed by atoms with Crippen molar-refractivity contribution in [2.75, 3.05) is 6.61 Å². The Morgan fingerprint density at radius 3 is 2.69 bits per heavy atom. The molecule has 0 radical (unpaired) electrons. The van der Waals surface area contributed by atoms with E-state index >= 15 is 0 Å². The first-order chi connectivity index (χ1) is 12.4. The van der Waals surface area contributed by atoms with Gasteiger partial charge in [0.25, 0.3) is 0 Å². The minimum atomic E-state index is -1.67. The average molecular weight is 367 g/mol. The summed E-state index contributed by atoms with van der Waals surface area (Å²) in [5.74, 6) is -0.596. The molecule has 8 N–H and O–H groups in total. The zero-order chi connectivity index (χ0) is 18.8. The van der Waals surface area contributed by atoms with Crippen molar-refractivity contribution in [2.24, 2.45) is 0 Å². The summed E-state index contributed by atoms with van der Waals surface area (Å²) < 4.78 is 10.1. The minimum absolute atomic E-state index is 0.362. The first kappa shape index (κ1) is 18.8. The molecule has 1 aromatic carbocycles. The monoisotopic (exact) mass is 367 g/mol. The van der Waals surface area contributed by atoms with Gasteiger partial charge in [-0.05, 0) is 11.6 Å². The number of rotatable bonds is 5. The number of aromatic nitrogens is 1. The smallest absolute Gasteiger partial charge is 0.365 e. The predicted molar refractivity (Wildman–Crippen MR) is 88.5 cm³/mol. The van der Waals surface area contributed by atoms with Crippen LogP contribution in [0.2, 0.25) is 0 Å². The van der Waals surface area contributed by atoms with Crippen molar-refractivity contribution >= 4 is 16.9 Å². The third kappa shape index (κ3) is 3.73. The normalized spacial score (nSPS) is 30.3. The van der Waals surface area contributed by atoms with Crippen molar-refractivity contribution < 1.29 is 40.4 Å². The van der Waals surface area contributed by atoms with E-state index in [-0.39, 0.29) is 6.61 Å². The van der Waals surface area contributed by atoms with Gasteiger partial charge in [-0.1, -0.05) is 18.2 Å². The van der Waals surface area contributed by atoms with Crippen molar-refractivity contribution in [3.63, 3.8) is 0 Å². The standard InChI is InChI=1S/C17H22N2O7/c18-10(5-8-6-19-11-4-2-1-3-9(8)11)16(23)25-7-12-13(20)14(21)15(22)17(24)26-12/h1-4,6,10,12-15,17,19-22,24H,5,7,18H2/p+1/t10-,12+,13+,14-,15-,17-/m0/s1. The van der Waals surface area contributed by atoms with E-state index in [9.17, 15) is 25.2 Å². The van der Waals surface area contributed by atoms with E-state index in [2.05, 4.69) is 10.7 Å². The molecule has 9 nitrogen and oxygen atoms in total. The largest absolute Gasteiger partial charge is 0.458 e. The van der Waals surface area contributed by atoms with Crippen molar-refractivity contribution in [3.8, 4) is 0 Å². The second kappa shape index (κ2) is 7.70. The van der Waals surface area contributed by atoms with Gasteiger partial charge in [0, 0.05) is 23.5 Å². The fourth-order valence-corrected chi connectivity index (χ4v) is 3.00. The molecular formula is C17H23N2O7+. The molecule has 26 heavy (non-hydrogen) atoms. The van der Waals surface area contributed by atoms with E-state index in [1.165, 1.54) is 0 Å². The molecule has 1 aliphatic rings. The third-order valence-corrected chi connectivity index (χ3v) is 4.55. The number of H-pyrrole nitrogens is 1. The molecule has 1 fully saturated rings. The van der Waals surface area contributed by atoms with Crippen molar-refractivity contribution in [2.45, 2.75) is 43.2 Å². The van der Waals surface area contributed by atoms with Gasteiger partial charge in [0.2, 0.25) is 0 Å². The summed E-state index contributed by atoms with van der Waals surface area (Å²) in [6, 6.07) is 7.01. The Morgan fingerprint density at radius 1 is 1.19 bits per heavy atom. The first-order valence-corrected chi connectivity index (χ1v) is 8.31. The Labute approximate surface area is 149 Å². The summed E-state index contributed by atoms with van der Waals surface area (Å²) in [6.07, 6.45) is -5.34. The molecule has 0 spiro atoms. The Hall–Kier alpha value is -2.01. The first-order valence-electron chi connectivity index (χ1n) is 8.31. The quantitative estimate of drug-likeness (QED) is 0.323. The lowest BCUT2D eigenvalue weighted by Crippen LogP contribution is -2.66. The van der Waals surface area contributed by atoms with Crippen LogP contribution in [0.4, 0.5) is 0 Å². The van der Waals surface area contributed by atoms with E-state index in [4.69, 9.17) is 9.47 Å². The number of aromatic amines is 1. The molecule has 0 bridgehead atoms. The molecule has 3 rings (SSSR count). The highest BCUT2D eigenvalue weighted by Gasteiger charge is 2.43. The maximum atomic E-state index is 12.2. The van der Waals surface area contributed by atoms with Gasteiger partial charge in [0.15, 0.2) is 12.3 Å². The van der Waals surface area contributed by atoms with E-state index in [0.29, 0.717) is 6.42 Å². The molecule has 2 heterocycles. The highest BCUT2D eigenvalue weighted by molar-refractivity contribution is 5.84. The topological polar surface area (TPSA) is 160 Å². The second-order valence-electron chi connectivity index (χ2n) is 6.43. The zero-order valence-corrected chi connectivity index (χ0v) is 14.0. The molecule has 0 saturated carbocycles. The lowest BCUT2D eigenvalue weighted by molar-refractivity contribution is -0.408. The van der Waals surface area contributed by atoms with Crippen LogP contribution in [0, 0.1) is 0 Å². The van der Waals surface area contributed by atoms with Crippen LogP contribution in [0.1, 0.15) is 5.56 Å². The maximum absolute atomic E-state index is 12.2. The molecule has 1 saturated heterocycles. The second-order valence-corrected chi connectivity index (χ2v) is 6.43. The molecule has 9 heteroatoms. The molecule has 0 aliphatic carbocycles. The van der Waals surface area contributed by atoms with Gasteiger partial charge in [-0.15, -0.1) is 0 Å². The number of para-hydroxylation sites is 1. The third-order valence-electron chi connectivity index (χ3n) is 4.55. The molecule has 1 aliphatic heterocycles. The van der Waals surface area contributed by atoms with E-state index in [1.54, 1.807) is 0 Å². The number of nitrogens with one attached hydrogen (secondary N) is 1. The average Bonchev–Trinajstić information content (AvgIpc) is 3.04. The van der Waals surface area contributed by atoms with Gasteiger partial charge in [0.1, 0.15) is 31.0 Å². The lowest BCUT2D eigenvalue weighted by Gasteiger charge is -2.37. The maximum Gasteiger partial charge on any atom is 0.365 e. The number of aliphatic hydroxyl groups excluding tert-OH is 4. The Kier molecular flexibility index (Phi) is 5.56. The van der Waals surface area contributed by atoms with E-state index in [0.717, 1.165) is 16.5 Å². The van der Waals surface area contributed by atoms with Crippen molar-refractivity contribution in [3.05, 3.63) is 36.0 Å². The molecule has 0 amide bonds. The fraction of sp³-hybridized carbons (Fsp3) is 0.471. The number of carbonyl (C=O) groups excluding carboxylic acids is 1. The van der Waals surface area contributed by atoms with Gasteiger partial charge in [-0.3, -0.25) is 0 Å². The highest BCUT2D eigenvalue weighted by atomic mass is 16.6. The van der Waals surface area contributed by atoms with Crippen LogP contribution in [-0.2, 0) is 20.7 Å². The van der Waals surface area contributed by atoms with Gasteiger partial charge in [-0.25, -0.2) is 4.79 Å². The molecule has 142 valence electrons. The number of esters is 1. The molecule has 0 unspecified atom stereocenters. The van der Waals surface area contributed by atoms with Crippen LogP contribution < -0.4 is 5.73 Å². The fourth-order valence-electron chi connectivity index (χ4n) is 3.00. The summed E-state index contributed by atoms with van der Waals surface area (Å²) in [6.45, 7) is -0.374.